The second-order valence-electron chi connectivity index (χ2n) is 8.08. The van der Waals surface area contributed by atoms with Gasteiger partial charge in [0.2, 0.25) is 0 Å². The predicted molar refractivity (Wildman–Crippen MR) is 123 cm³/mol. The van der Waals surface area contributed by atoms with Gasteiger partial charge in [-0.05, 0) is 16.7 Å². The van der Waals surface area contributed by atoms with E-state index < -0.39 is 30.7 Å². The molecule has 174 valence electrons. The van der Waals surface area contributed by atoms with Crippen molar-refractivity contribution in [3.8, 4) is 0 Å². The smallest absolute Gasteiger partial charge is 0.184 e. The van der Waals surface area contributed by atoms with E-state index in [1.165, 1.54) is 0 Å². The van der Waals surface area contributed by atoms with Crippen LogP contribution in [0.2, 0.25) is 0 Å². The minimum Gasteiger partial charge on any atom is -0.385 e. The molecule has 0 bridgehead atoms. The van der Waals surface area contributed by atoms with Gasteiger partial charge in [-0.1, -0.05) is 91.0 Å². The third-order valence-electron chi connectivity index (χ3n) is 5.60. The Morgan fingerprint density at radius 3 is 1.79 bits per heavy atom. The molecule has 1 saturated heterocycles. The molecule has 0 radical (unpaired) electrons. The summed E-state index contributed by atoms with van der Waals surface area (Å²) in [4.78, 5) is 0. The van der Waals surface area contributed by atoms with Gasteiger partial charge in [-0.25, -0.2) is 0 Å². The molecule has 1 fully saturated rings. The normalized spacial score (nSPS) is 23.5. The number of hydrogen-bond donors (Lipinski definition) is 2. The zero-order chi connectivity index (χ0) is 22.9. The Hall–Kier alpha value is -2.58. The second kappa shape index (κ2) is 12.0. The Labute approximate surface area is 194 Å². The first-order chi connectivity index (χ1) is 16.2. The van der Waals surface area contributed by atoms with Crippen molar-refractivity contribution in [2.75, 3.05) is 6.61 Å². The third kappa shape index (κ3) is 6.71. The van der Waals surface area contributed by atoms with Crippen molar-refractivity contribution in [1.29, 1.82) is 0 Å². The number of rotatable bonds is 11. The van der Waals surface area contributed by atoms with Crippen LogP contribution < -0.4 is 0 Å². The van der Waals surface area contributed by atoms with Gasteiger partial charge in [0.1, 0.15) is 24.4 Å². The fourth-order valence-corrected chi connectivity index (χ4v) is 3.82. The van der Waals surface area contributed by atoms with E-state index in [0.717, 1.165) is 16.7 Å². The van der Waals surface area contributed by atoms with Crippen LogP contribution in [0.15, 0.2) is 91.0 Å². The van der Waals surface area contributed by atoms with Gasteiger partial charge in [0.05, 0.1) is 26.4 Å². The maximum atomic E-state index is 10.5. The van der Waals surface area contributed by atoms with E-state index in [-0.39, 0.29) is 13.2 Å². The van der Waals surface area contributed by atoms with Crippen molar-refractivity contribution in [3.63, 3.8) is 0 Å². The number of benzene rings is 3. The van der Waals surface area contributed by atoms with Gasteiger partial charge in [-0.3, -0.25) is 0 Å². The van der Waals surface area contributed by atoms with Crippen LogP contribution >= 0.6 is 0 Å². The van der Waals surface area contributed by atoms with Crippen LogP contribution in [0.4, 0.5) is 0 Å². The fraction of sp³-hybridized carbons (Fsp3) is 0.333. The predicted octanol–water partition coefficient (Wildman–Crippen LogP) is 3.45. The Balaban J connectivity index is 1.44. The van der Waals surface area contributed by atoms with E-state index in [1.807, 2.05) is 91.0 Å². The largest absolute Gasteiger partial charge is 0.385 e. The summed E-state index contributed by atoms with van der Waals surface area (Å²) in [6.07, 6.45) is -4.55. The van der Waals surface area contributed by atoms with E-state index in [1.54, 1.807) is 0 Å². The summed E-state index contributed by atoms with van der Waals surface area (Å²) in [5.74, 6) is 0. The Kier molecular flexibility index (Phi) is 8.60. The Morgan fingerprint density at radius 1 is 0.697 bits per heavy atom. The molecule has 0 amide bonds. The maximum Gasteiger partial charge on any atom is 0.184 e. The first-order valence-electron chi connectivity index (χ1n) is 11.1. The van der Waals surface area contributed by atoms with Gasteiger partial charge in [0.25, 0.3) is 0 Å². The Bertz CT molecular complexity index is 937. The summed E-state index contributed by atoms with van der Waals surface area (Å²) in [5, 5.41) is 20.8. The fourth-order valence-electron chi connectivity index (χ4n) is 3.82. The lowest BCUT2D eigenvalue weighted by Crippen LogP contribution is -2.44. The second-order valence-corrected chi connectivity index (χ2v) is 8.08. The van der Waals surface area contributed by atoms with Crippen molar-refractivity contribution in [2.24, 2.45) is 0 Å². The maximum absolute atomic E-state index is 10.5. The van der Waals surface area contributed by atoms with Crippen LogP contribution in [0.25, 0.3) is 0 Å². The number of aliphatic hydroxyl groups is 2. The number of ether oxygens (including phenoxy) is 4. The molecule has 33 heavy (non-hydrogen) atoms. The minimum atomic E-state index is -1.35. The van der Waals surface area contributed by atoms with Gasteiger partial charge >= 0.3 is 0 Å². The highest BCUT2D eigenvalue weighted by Crippen LogP contribution is 2.28. The van der Waals surface area contributed by atoms with Gasteiger partial charge < -0.3 is 29.2 Å². The molecule has 0 unspecified atom stereocenters. The quantitative estimate of drug-likeness (QED) is 0.466. The monoisotopic (exact) mass is 450 g/mol. The molecule has 6 nitrogen and oxygen atoms in total. The molecule has 0 aromatic heterocycles. The van der Waals surface area contributed by atoms with Crippen molar-refractivity contribution < 1.29 is 29.2 Å². The van der Waals surface area contributed by atoms with Crippen molar-refractivity contribution in [2.45, 2.75) is 50.5 Å². The highest BCUT2D eigenvalue weighted by atomic mass is 16.7. The lowest BCUT2D eigenvalue weighted by atomic mass is 10.1. The summed E-state index contributed by atoms with van der Waals surface area (Å²) >= 11 is 0. The van der Waals surface area contributed by atoms with E-state index in [9.17, 15) is 10.2 Å². The lowest BCUT2D eigenvalue weighted by Gasteiger charge is -2.28. The minimum absolute atomic E-state index is 0.219. The molecule has 6 heteroatoms. The average Bonchev–Trinajstić information content (AvgIpc) is 3.15. The number of aliphatic hydroxyl groups excluding tert-OH is 2. The highest BCUT2D eigenvalue weighted by molar-refractivity contribution is 5.15. The molecule has 1 heterocycles. The molecule has 5 atom stereocenters. The van der Waals surface area contributed by atoms with Crippen LogP contribution in [-0.4, -0.2) is 47.5 Å². The summed E-state index contributed by atoms with van der Waals surface area (Å²) < 4.78 is 23.8. The number of hydrogen-bond acceptors (Lipinski definition) is 6. The summed E-state index contributed by atoms with van der Waals surface area (Å²) in [7, 11) is 0. The standard InChI is InChI=1S/C27H30O6/c28-24-26(32-18-22-14-8-3-9-15-22)25(33-27(24)29)23(31-17-21-12-6-2-7-13-21)19-30-16-20-10-4-1-5-11-20/h1-15,23-29H,16-19H2/t23-,24-,25+,26+,27+/m0/s1. The first-order valence-corrected chi connectivity index (χ1v) is 11.1. The molecular weight excluding hydrogens is 420 g/mol. The lowest BCUT2D eigenvalue weighted by molar-refractivity contribution is -0.170. The molecule has 3 aromatic rings. The molecule has 1 aliphatic heterocycles. The van der Waals surface area contributed by atoms with Crippen molar-refractivity contribution in [1.82, 2.24) is 0 Å². The average molecular weight is 451 g/mol. The molecule has 0 saturated carbocycles. The molecule has 3 aromatic carbocycles. The molecule has 0 aliphatic carbocycles. The van der Waals surface area contributed by atoms with Crippen molar-refractivity contribution >= 4 is 0 Å². The topological polar surface area (TPSA) is 77.4 Å². The Morgan fingerprint density at radius 2 is 1.21 bits per heavy atom. The summed E-state index contributed by atoms with van der Waals surface area (Å²) in [6.45, 7) is 1.26. The van der Waals surface area contributed by atoms with E-state index in [0.29, 0.717) is 13.2 Å². The molecule has 4 rings (SSSR count). The van der Waals surface area contributed by atoms with E-state index in [2.05, 4.69) is 0 Å². The van der Waals surface area contributed by atoms with E-state index >= 15 is 0 Å². The first kappa shape index (κ1) is 23.6. The van der Waals surface area contributed by atoms with Gasteiger partial charge in [0, 0.05) is 0 Å². The molecule has 2 N–H and O–H groups in total. The zero-order valence-electron chi connectivity index (χ0n) is 18.4. The van der Waals surface area contributed by atoms with Crippen LogP contribution in [-0.2, 0) is 38.8 Å². The van der Waals surface area contributed by atoms with Crippen LogP contribution in [0.3, 0.4) is 0 Å². The van der Waals surface area contributed by atoms with E-state index in [4.69, 9.17) is 18.9 Å². The zero-order valence-corrected chi connectivity index (χ0v) is 18.4. The molecule has 0 spiro atoms. The summed E-state index contributed by atoms with van der Waals surface area (Å²) in [5.41, 5.74) is 3.02. The highest BCUT2D eigenvalue weighted by Gasteiger charge is 2.48. The molecular formula is C27H30O6. The van der Waals surface area contributed by atoms with Crippen LogP contribution in [0.5, 0.6) is 0 Å². The van der Waals surface area contributed by atoms with Gasteiger partial charge in [-0.15, -0.1) is 0 Å². The SMILES string of the molecule is O[C@H]1[C@@H](OCc2ccccc2)[C@@H]([C@H](COCc2ccccc2)OCc2ccccc2)O[C@H]1O. The van der Waals surface area contributed by atoms with Crippen LogP contribution in [0, 0.1) is 0 Å². The summed E-state index contributed by atoms with van der Waals surface area (Å²) in [6, 6.07) is 29.3. The van der Waals surface area contributed by atoms with Gasteiger partial charge in [-0.2, -0.15) is 0 Å². The van der Waals surface area contributed by atoms with Gasteiger partial charge in [0.15, 0.2) is 6.29 Å². The van der Waals surface area contributed by atoms with Crippen LogP contribution in [0.1, 0.15) is 16.7 Å². The molecule has 1 aliphatic rings. The third-order valence-corrected chi connectivity index (χ3v) is 5.60. The van der Waals surface area contributed by atoms with Crippen molar-refractivity contribution in [3.05, 3.63) is 108 Å².